The molecule has 134 valence electrons. The highest BCUT2D eigenvalue weighted by atomic mass is 16.5. The minimum Gasteiger partial charge on any atom is -0.464 e. The Kier molecular flexibility index (Phi) is 4.98. The van der Waals surface area contributed by atoms with Crippen molar-refractivity contribution in [2.24, 2.45) is 5.73 Å². The zero-order valence-electron chi connectivity index (χ0n) is 14.9. The van der Waals surface area contributed by atoms with Crippen LogP contribution in [0.1, 0.15) is 35.0 Å². The van der Waals surface area contributed by atoms with Crippen molar-refractivity contribution in [2.75, 3.05) is 27.2 Å². The summed E-state index contributed by atoms with van der Waals surface area (Å²) in [6.45, 7) is 4.02. The van der Waals surface area contributed by atoms with Crippen molar-refractivity contribution in [3.63, 3.8) is 0 Å². The van der Waals surface area contributed by atoms with Crippen LogP contribution in [0.15, 0.2) is 6.20 Å². The van der Waals surface area contributed by atoms with E-state index >= 15 is 0 Å². The number of hydrogen-bond donors (Lipinski definition) is 1. The summed E-state index contributed by atoms with van der Waals surface area (Å²) in [6, 6.07) is 0.343. The number of nitrogens with two attached hydrogens (primary N) is 1. The molecule has 0 fully saturated rings. The van der Waals surface area contributed by atoms with Crippen LogP contribution in [0.5, 0.6) is 6.01 Å². The van der Waals surface area contributed by atoms with Crippen LogP contribution in [0, 0.1) is 0 Å². The third-order valence-corrected chi connectivity index (χ3v) is 4.24. The SMILES string of the molecule is CCOc1ncc2c(n1)-c1c(c(C(N)=O)nn1CCCN(C)C)CC2. The van der Waals surface area contributed by atoms with Gasteiger partial charge in [-0.05, 0) is 52.4 Å². The summed E-state index contributed by atoms with van der Waals surface area (Å²) in [4.78, 5) is 22.8. The second-order valence-electron chi connectivity index (χ2n) is 6.38. The zero-order valence-corrected chi connectivity index (χ0v) is 14.9. The molecule has 0 aliphatic heterocycles. The van der Waals surface area contributed by atoms with Gasteiger partial charge >= 0.3 is 6.01 Å². The number of fused-ring (bicyclic) bond motifs is 3. The van der Waals surface area contributed by atoms with Crippen LogP contribution in [0.25, 0.3) is 11.4 Å². The van der Waals surface area contributed by atoms with Gasteiger partial charge in [0.15, 0.2) is 5.69 Å². The van der Waals surface area contributed by atoms with Gasteiger partial charge in [0.05, 0.1) is 18.0 Å². The zero-order chi connectivity index (χ0) is 18.0. The summed E-state index contributed by atoms with van der Waals surface area (Å²) < 4.78 is 7.30. The Bertz CT molecular complexity index is 784. The summed E-state index contributed by atoms with van der Waals surface area (Å²) >= 11 is 0. The van der Waals surface area contributed by atoms with E-state index in [1.54, 1.807) is 6.20 Å². The average Bonchev–Trinajstić information content (AvgIpc) is 2.94. The summed E-state index contributed by atoms with van der Waals surface area (Å²) in [5.74, 6) is -0.495. The van der Waals surface area contributed by atoms with Gasteiger partial charge in [0.25, 0.3) is 5.91 Å². The number of amides is 1. The van der Waals surface area contributed by atoms with Crippen molar-refractivity contribution < 1.29 is 9.53 Å². The van der Waals surface area contributed by atoms with Gasteiger partial charge in [-0.3, -0.25) is 9.48 Å². The van der Waals surface area contributed by atoms with E-state index in [-0.39, 0.29) is 0 Å². The molecular formula is C17H24N6O2. The first-order valence-corrected chi connectivity index (χ1v) is 8.54. The second kappa shape index (κ2) is 7.18. The van der Waals surface area contributed by atoms with Crippen molar-refractivity contribution in [3.05, 3.63) is 23.0 Å². The van der Waals surface area contributed by atoms with Gasteiger partial charge in [0, 0.05) is 18.3 Å². The van der Waals surface area contributed by atoms with E-state index in [2.05, 4.69) is 20.0 Å². The fraction of sp³-hybridized carbons (Fsp3) is 0.529. The Morgan fingerprint density at radius 3 is 2.88 bits per heavy atom. The molecule has 3 rings (SSSR count). The van der Waals surface area contributed by atoms with Gasteiger partial charge in [-0.1, -0.05) is 0 Å². The topological polar surface area (TPSA) is 99.2 Å². The number of primary amides is 1. The first-order valence-electron chi connectivity index (χ1n) is 8.54. The quantitative estimate of drug-likeness (QED) is 0.801. The summed E-state index contributed by atoms with van der Waals surface area (Å²) in [5, 5.41) is 4.49. The first kappa shape index (κ1) is 17.3. The molecular weight excluding hydrogens is 320 g/mol. The molecule has 1 aliphatic carbocycles. The number of aryl methyl sites for hydroxylation is 2. The van der Waals surface area contributed by atoms with E-state index in [9.17, 15) is 4.79 Å². The minimum absolute atomic E-state index is 0.343. The average molecular weight is 344 g/mol. The van der Waals surface area contributed by atoms with E-state index in [1.165, 1.54) is 0 Å². The molecule has 2 aromatic rings. The highest BCUT2D eigenvalue weighted by Crippen LogP contribution is 2.34. The Balaban J connectivity index is 2.04. The number of carbonyl (C=O) groups excluding carboxylic acids is 1. The van der Waals surface area contributed by atoms with E-state index in [0.29, 0.717) is 31.3 Å². The third kappa shape index (κ3) is 3.48. The molecule has 1 amide bonds. The van der Waals surface area contributed by atoms with Crippen LogP contribution in [-0.4, -0.2) is 57.8 Å². The number of aromatic nitrogens is 4. The van der Waals surface area contributed by atoms with Crippen LogP contribution in [0.3, 0.4) is 0 Å². The van der Waals surface area contributed by atoms with Crippen LogP contribution in [0.4, 0.5) is 0 Å². The Morgan fingerprint density at radius 1 is 1.40 bits per heavy atom. The second-order valence-corrected chi connectivity index (χ2v) is 6.38. The van der Waals surface area contributed by atoms with Crippen LogP contribution < -0.4 is 10.5 Å². The lowest BCUT2D eigenvalue weighted by atomic mass is 9.93. The number of nitrogens with zero attached hydrogens (tertiary/aromatic N) is 5. The molecule has 25 heavy (non-hydrogen) atoms. The molecule has 8 nitrogen and oxygen atoms in total. The highest BCUT2D eigenvalue weighted by molar-refractivity contribution is 5.94. The number of hydrogen-bond acceptors (Lipinski definition) is 6. The molecule has 0 spiro atoms. The van der Waals surface area contributed by atoms with E-state index in [0.717, 1.165) is 41.9 Å². The predicted octanol–water partition coefficient (Wildman–Crippen LogP) is 0.888. The van der Waals surface area contributed by atoms with Crippen molar-refractivity contribution in [2.45, 2.75) is 32.7 Å². The molecule has 0 atom stereocenters. The molecule has 2 heterocycles. The highest BCUT2D eigenvalue weighted by Gasteiger charge is 2.29. The maximum Gasteiger partial charge on any atom is 0.316 e. The van der Waals surface area contributed by atoms with Gasteiger partial charge in [0.2, 0.25) is 0 Å². The standard InChI is InChI=1S/C17H24N6O2/c1-4-25-17-19-10-11-6-7-12-14(16(18)24)21-23(9-5-8-22(2)3)15(12)13(11)20-17/h10H,4-9H2,1-3H3,(H2,18,24). The Morgan fingerprint density at radius 2 is 2.20 bits per heavy atom. The van der Waals surface area contributed by atoms with Crippen LogP contribution in [0.2, 0.25) is 0 Å². The number of carbonyl (C=O) groups is 1. The molecule has 1 aliphatic rings. The maximum absolute atomic E-state index is 11.8. The monoisotopic (exact) mass is 344 g/mol. The van der Waals surface area contributed by atoms with Gasteiger partial charge in [0.1, 0.15) is 0 Å². The lowest BCUT2D eigenvalue weighted by Gasteiger charge is -2.18. The Labute approximate surface area is 147 Å². The molecule has 8 heteroatoms. The van der Waals surface area contributed by atoms with Gasteiger partial charge in [-0.15, -0.1) is 0 Å². The number of ether oxygens (including phenoxy) is 1. The van der Waals surface area contributed by atoms with Crippen LogP contribution in [-0.2, 0) is 19.4 Å². The minimum atomic E-state index is -0.495. The molecule has 0 radical (unpaired) electrons. The molecule has 0 unspecified atom stereocenters. The predicted molar refractivity (Wildman–Crippen MR) is 93.5 cm³/mol. The lowest BCUT2D eigenvalue weighted by Crippen LogP contribution is -2.17. The van der Waals surface area contributed by atoms with Crippen molar-refractivity contribution in [3.8, 4) is 17.4 Å². The van der Waals surface area contributed by atoms with Crippen LogP contribution >= 0.6 is 0 Å². The fourth-order valence-electron chi connectivity index (χ4n) is 3.13. The smallest absolute Gasteiger partial charge is 0.316 e. The normalized spacial score (nSPS) is 12.8. The van der Waals surface area contributed by atoms with E-state index in [4.69, 9.17) is 10.5 Å². The largest absolute Gasteiger partial charge is 0.464 e. The van der Waals surface area contributed by atoms with E-state index in [1.807, 2.05) is 25.7 Å². The number of rotatable bonds is 7. The van der Waals surface area contributed by atoms with E-state index < -0.39 is 5.91 Å². The summed E-state index contributed by atoms with van der Waals surface area (Å²) in [6.07, 6.45) is 4.19. The molecule has 2 N–H and O–H groups in total. The summed E-state index contributed by atoms with van der Waals surface area (Å²) in [5.41, 5.74) is 9.49. The lowest BCUT2D eigenvalue weighted by molar-refractivity contribution is 0.0994. The van der Waals surface area contributed by atoms with Crippen molar-refractivity contribution in [1.82, 2.24) is 24.6 Å². The third-order valence-electron chi connectivity index (χ3n) is 4.24. The van der Waals surface area contributed by atoms with Gasteiger partial charge in [-0.2, -0.15) is 10.1 Å². The summed E-state index contributed by atoms with van der Waals surface area (Å²) in [7, 11) is 4.06. The first-order chi connectivity index (χ1) is 12.0. The van der Waals surface area contributed by atoms with Crippen molar-refractivity contribution in [1.29, 1.82) is 0 Å². The molecule has 2 aromatic heterocycles. The maximum atomic E-state index is 11.8. The van der Waals surface area contributed by atoms with Crippen molar-refractivity contribution >= 4 is 5.91 Å². The van der Waals surface area contributed by atoms with Gasteiger partial charge < -0.3 is 15.4 Å². The molecule has 0 saturated heterocycles. The fourth-order valence-corrected chi connectivity index (χ4v) is 3.13. The Hall–Kier alpha value is -2.48. The molecule has 0 aromatic carbocycles. The molecule has 0 saturated carbocycles. The molecule has 0 bridgehead atoms. The van der Waals surface area contributed by atoms with Gasteiger partial charge in [-0.25, -0.2) is 4.98 Å².